The molecule has 148 valence electrons. The molecule has 1 aromatic rings. The van der Waals surface area contributed by atoms with Crippen LogP contribution in [-0.4, -0.2) is 62.4 Å². The molecule has 2 fully saturated rings. The van der Waals surface area contributed by atoms with Gasteiger partial charge in [-0.05, 0) is 31.4 Å². The van der Waals surface area contributed by atoms with E-state index in [4.69, 9.17) is 4.74 Å². The number of esters is 1. The second-order valence-electron chi connectivity index (χ2n) is 7.17. The number of nitrogens with one attached hydrogen (secondary N) is 1. The van der Waals surface area contributed by atoms with E-state index < -0.39 is 15.8 Å². The Bertz CT molecular complexity index is 802. The van der Waals surface area contributed by atoms with E-state index in [9.17, 15) is 18.0 Å². The summed E-state index contributed by atoms with van der Waals surface area (Å²) in [5.74, 6) is -0.757. The third-order valence-corrected chi connectivity index (χ3v) is 7.10. The molecule has 1 aliphatic carbocycles. The Morgan fingerprint density at radius 1 is 1.15 bits per heavy atom. The molecule has 0 aromatic heterocycles. The second kappa shape index (κ2) is 8.29. The number of benzene rings is 1. The first kappa shape index (κ1) is 19.7. The van der Waals surface area contributed by atoms with Gasteiger partial charge in [0, 0.05) is 24.8 Å². The molecule has 1 amide bonds. The summed E-state index contributed by atoms with van der Waals surface area (Å²) in [5.41, 5.74) is 0.994. The van der Waals surface area contributed by atoms with E-state index in [1.807, 2.05) is 0 Å². The lowest BCUT2D eigenvalue weighted by molar-refractivity contribution is -0.139. The van der Waals surface area contributed by atoms with Gasteiger partial charge in [-0.2, -0.15) is 0 Å². The Kier molecular flexibility index (Phi) is 6.04. The van der Waals surface area contributed by atoms with E-state index >= 15 is 0 Å². The molecule has 7 nitrogen and oxygen atoms in total. The van der Waals surface area contributed by atoms with Crippen LogP contribution in [0.1, 0.15) is 42.5 Å². The first-order chi connectivity index (χ1) is 12.9. The van der Waals surface area contributed by atoms with Crippen LogP contribution in [0.2, 0.25) is 0 Å². The minimum Gasteiger partial charge on any atom is -0.452 e. The quantitative estimate of drug-likeness (QED) is 0.740. The Balaban J connectivity index is 1.68. The second-order valence-corrected chi connectivity index (χ2v) is 9.40. The van der Waals surface area contributed by atoms with Crippen molar-refractivity contribution in [2.45, 2.75) is 44.2 Å². The fourth-order valence-electron chi connectivity index (χ4n) is 4.04. The van der Waals surface area contributed by atoms with Crippen molar-refractivity contribution < 1.29 is 22.7 Å². The Morgan fingerprint density at radius 2 is 1.85 bits per heavy atom. The van der Waals surface area contributed by atoms with Gasteiger partial charge in [-0.1, -0.05) is 25.0 Å². The van der Waals surface area contributed by atoms with E-state index in [1.54, 1.807) is 36.2 Å². The first-order valence-corrected chi connectivity index (χ1v) is 11.2. The number of carbonyl (C=O) groups excluding carboxylic acids is 2. The van der Waals surface area contributed by atoms with Crippen molar-refractivity contribution in [1.29, 1.82) is 0 Å². The zero-order chi connectivity index (χ0) is 19.4. The molecule has 0 bridgehead atoms. The summed E-state index contributed by atoms with van der Waals surface area (Å²) in [6.07, 6.45) is 4.27. The van der Waals surface area contributed by atoms with Crippen LogP contribution in [0, 0.1) is 0 Å². The Labute approximate surface area is 160 Å². The molecule has 1 aromatic carbocycles. The van der Waals surface area contributed by atoms with Crippen molar-refractivity contribution in [3.63, 3.8) is 0 Å². The summed E-state index contributed by atoms with van der Waals surface area (Å²) in [6.45, 7) is -0.371. The van der Waals surface area contributed by atoms with Gasteiger partial charge in [0.1, 0.15) is 0 Å². The predicted octanol–water partition coefficient (Wildman–Crippen LogP) is 1.84. The number of hydrogen-bond donors (Lipinski definition) is 1. The number of anilines is 1. The fourth-order valence-corrected chi connectivity index (χ4v) is 5.75. The van der Waals surface area contributed by atoms with E-state index in [1.165, 1.54) is 0 Å². The molecule has 0 spiro atoms. The van der Waals surface area contributed by atoms with Gasteiger partial charge in [-0.3, -0.25) is 4.79 Å². The Hall–Kier alpha value is -2.09. The van der Waals surface area contributed by atoms with E-state index in [2.05, 4.69) is 5.32 Å². The third-order valence-electron chi connectivity index (χ3n) is 5.35. The van der Waals surface area contributed by atoms with Crippen molar-refractivity contribution >= 4 is 27.4 Å². The first-order valence-electron chi connectivity index (χ1n) is 9.37. The number of hydrogen-bond acceptors (Lipinski definition) is 6. The van der Waals surface area contributed by atoms with Crippen LogP contribution in [0.3, 0.4) is 0 Å². The Morgan fingerprint density at radius 3 is 2.48 bits per heavy atom. The van der Waals surface area contributed by atoms with Crippen molar-refractivity contribution in [2.24, 2.45) is 0 Å². The molecule has 1 saturated heterocycles. The van der Waals surface area contributed by atoms with Gasteiger partial charge in [0.15, 0.2) is 16.4 Å². The zero-order valence-electron chi connectivity index (χ0n) is 15.5. The maximum Gasteiger partial charge on any atom is 0.340 e. The van der Waals surface area contributed by atoms with Gasteiger partial charge in [0.05, 0.1) is 17.1 Å². The highest BCUT2D eigenvalue weighted by Gasteiger charge is 2.39. The molecule has 1 saturated carbocycles. The molecule has 1 atom stereocenters. The average Bonchev–Trinajstić information content (AvgIpc) is 3.30. The van der Waals surface area contributed by atoms with Gasteiger partial charge in [-0.15, -0.1) is 0 Å². The van der Waals surface area contributed by atoms with Gasteiger partial charge < -0.3 is 15.0 Å². The molecule has 8 heteroatoms. The number of rotatable bonds is 6. The van der Waals surface area contributed by atoms with Gasteiger partial charge in [0.25, 0.3) is 5.91 Å². The minimum atomic E-state index is -3.10. The van der Waals surface area contributed by atoms with Crippen LogP contribution >= 0.6 is 0 Å². The van der Waals surface area contributed by atoms with Crippen LogP contribution < -0.4 is 5.32 Å². The summed E-state index contributed by atoms with van der Waals surface area (Å²) >= 11 is 0. The standard InChI is InChI=1S/C19H26N2O5S/c1-20-17-9-5-4-8-16(17)19(23)26-12-18(22)21(14-6-2-3-7-14)15-10-11-27(24,25)13-15/h4-5,8-9,14-15,20H,2-3,6-7,10-13H2,1H3. The molecule has 3 rings (SSSR count). The highest BCUT2D eigenvalue weighted by Crippen LogP contribution is 2.29. The van der Waals surface area contributed by atoms with Crippen LogP contribution in [0.4, 0.5) is 5.69 Å². The van der Waals surface area contributed by atoms with Crippen molar-refractivity contribution in [1.82, 2.24) is 4.90 Å². The maximum absolute atomic E-state index is 12.9. The predicted molar refractivity (Wildman–Crippen MR) is 102 cm³/mol. The number of para-hydroxylation sites is 1. The van der Waals surface area contributed by atoms with Gasteiger partial charge in [-0.25, -0.2) is 13.2 Å². The van der Waals surface area contributed by atoms with Crippen LogP contribution in [-0.2, 0) is 19.4 Å². The van der Waals surface area contributed by atoms with Gasteiger partial charge >= 0.3 is 5.97 Å². The lowest BCUT2D eigenvalue weighted by Crippen LogP contribution is -2.48. The van der Waals surface area contributed by atoms with Crippen molar-refractivity contribution in [3.8, 4) is 0 Å². The van der Waals surface area contributed by atoms with E-state index in [0.717, 1.165) is 25.7 Å². The normalized spacial score (nSPS) is 21.7. The van der Waals surface area contributed by atoms with Crippen molar-refractivity contribution in [3.05, 3.63) is 29.8 Å². The highest BCUT2D eigenvalue weighted by molar-refractivity contribution is 7.91. The highest BCUT2D eigenvalue weighted by atomic mass is 32.2. The molecule has 0 radical (unpaired) electrons. The zero-order valence-corrected chi connectivity index (χ0v) is 16.3. The molecular weight excluding hydrogens is 368 g/mol. The topological polar surface area (TPSA) is 92.8 Å². The largest absolute Gasteiger partial charge is 0.452 e. The third kappa shape index (κ3) is 4.61. The molecule has 2 aliphatic rings. The maximum atomic E-state index is 12.9. The molecule has 1 heterocycles. The lowest BCUT2D eigenvalue weighted by Gasteiger charge is -2.33. The summed E-state index contributed by atoms with van der Waals surface area (Å²) in [4.78, 5) is 26.9. The molecule has 27 heavy (non-hydrogen) atoms. The molecule has 1 unspecified atom stereocenters. The fraction of sp³-hybridized carbons (Fsp3) is 0.579. The van der Waals surface area contributed by atoms with Gasteiger partial charge in [0.2, 0.25) is 0 Å². The van der Waals surface area contributed by atoms with Crippen LogP contribution in [0.25, 0.3) is 0 Å². The average molecular weight is 394 g/mol. The van der Waals surface area contributed by atoms with Crippen LogP contribution in [0.5, 0.6) is 0 Å². The van der Waals surface area contributed by atoms with E-state index in [-0.39, 0.29) is 36.1 Å². The SMILES string of the molecule is CNc1ccccc1C(=O)OCC(=O)N(C1CCCC1)C1CCS(=O)(=O)C1. The molecular formula is C19H26N2O5S. The smallest absolute Gasteiger partial charge is 0.340 e. The van der Waals surface area contributed by atoms with Crippen LogP contribution in [0.15, 0.2) is 24.3 Å². The summed E-state index contributed by atoms with van der Waals surface area (Å²) in [5, 5.41) is 2.92. The summed E-state index contributed by atoms with van der Waals surface area (Å²) < 4.78 is 29.0. The van der Waals surface area contributed by atoms with E-state index in [0.29, 0.717) is 17.7 Å². The number of sulfone groups is 1. The number of ether oxygens (including phenoxy) is 1. The monoisotopic (exact) mass is 394 g/mol. The number of amides is 1. The number of carbonyl (C=O) groups is 2. The van der Waals surface area contributed by atoms with Crippen molar-refractivity contribution in [2.75, 3.05) is 30.5 Å². The molecule has 1 N–H and O–H groups in total. The minimum absolute atomic E-state index is 0.00573. The lowest BCUT2D eigenvalue weighted by atomic mass is 10.1. The number of nitrogens with zero attached hydrogens (tertiary/aromatic N) is 1. The summed E-state index contributed by atoms with van der Waals surface area (Å²) in [7, 11) is -1.39. The summed E-state index contributed by atoms with van der Waals surface area (Å²) in [6, 6.07) is 6.65. The molecule has 1 aliphatic heterocycles.